The van der Waals surface area contributed by atoms with Crippen molar-refractivity contribution in [3.63, 3.8) is 0 Å². The van der Waals surface area contributed by atoms with Crippen molar-refractivity contribution in [2.24, 2.45) is 5.92 Å². The number of aliphatic carboxylic acids is 2. The number of hydrogen-bond acceptors (Lipinski definition) is 4. The average Bonchev–Trinajstić information content (AvgIpc) is 2.84. The molecule has 0 aliphatic rings. The van der Waals surface area contributed by atoms with Crippen LogP contribution in [0.4, 0.5) is 0 Å². The molecule has 0 heterocycles. The van der Waals surface area contributed by atoms with Crippen LogP contribution in [-0.2, 0) is 27.2 Å². The number of carboxylic acids is 2. The third-order valence-electron chi connectivity index (χ3n) is 5.97. The molecule has 0 saturated heterocycles. The van der Waals surface area contributed by atoms with Crippen LogP contribution in [0.5, 0.6) is 0 Å². The molecule has 0 aromatic heterocycles. The van der Waals surface area contributed by atoms with Crippen LogP contribution in [0, 0.1) is 5.92 Å². The van der Waals surface area contributed by atoms with Crippen molar-refractivity contribution in [1.82, 2.24) is 4.90 Å². The summed E-state index contributed by atoms with van der Waals surface area (Å²) in [5.74, 6) is -3.75. The summed E-state index contributed by atoms with van der Waals surface area (Å²) in [5.41, 5.74) is 1.40. The van der Waals surface area contributed by atoms with Crippen molar-refractivity contribution in [3.05, 3.63) is 108 Å². The van der Waals surface area contributed by atoms with Gasteiger partial charge in [-0.25, -0.2) is 0 Å². The van der Waals surface area contributed by atoms with Gasteiger partial charge < -0.3 is 10.2 Å². The topological polar surface area (TPSA) is 115 Å². The summed E-state index contributed by atoms with van der Waals surface area (Å²) in [7, 11) is -2.98. The largest absolute Gasteiger partial charge is 0.511 e. The van der Waals surface area contributed by atoms with Crippen LogP contribution in [0.1, 0.15) is 35.6 Å². The normalized spacial score (nSPS) is 14.2. The van der Waals surface area contributed by atoms with E-state index in [1.54, 1.807) is 12.1 Å². The van der Waals surface area contributed by atoms with E-state index in [-0.39, 0.29) is 6.42 Å². The lowest BCUT2D eigenvalue weighted by molar-refractivity contribution is -0.143. The van der Waals surface area contributed by atoms with Gasteiger partial charge >= 0.3 is 20.0 Å². The van der Waals surface area contributed by atoms with Gasteiger partial charge in [0, 0.05) is 19.5 Å². The molecule has 3 N–H and O–H groups in total. The predicted octanol–water partition coefficient (Wildman–Crippen LogP) is 5.10. The second-order valence-corrected chi connectivity index (χ2v) is 9.60. The molecule has 3 aromatic carbocycles. The highest BCUT2D eigenvalue weighted by molar-refractivity contribution is 7.39. The van der Waals surface area contributed by atoms with Gasteiger partial charge in [-0.05, 0) is 27.7 Å². The second-order valence-electron chi connectivity index (χ2n) is 8.40. The summed E-state index contributed by atoms with van der Waals surface area (Å²) in [5, 5.41) is 19.2. The van der Waals surface area contributed by atoms with Crippen molar-refractivity contribution in [3.8, 4) is 0 Å². The molecule has 0 saturated carbocycles. The molecule has 0 radical (unpaired) electrons. The van der Waals surface area contributed by atoms with Gasteiger partial charge in [0.1, 0.15) is 5.92 Å². The van der Waals surface area contributed by atoms with Crippen LogP contribution in [0.3, 0.4) is 0 Å². The standard InChI is InChI=1S/C27H28NO6P/c29-24(30)17-16-23(27(31)32)26(35(33)34)25(22-14-8-3-9-15-22)28(18-20-10-4-1-5-11-20)19-21-12-6-2-7-13-21/h1-15,23,25-26H,16-19H2,(H2-,29,30,31,32,33,34)/p+1. The number of hydrogen-bond donors (Lipinski definition) is 3. The van der Waals surface area contributed by atoms with Gasteiger partial charge in [0.2, 0.25) is 5.66 Å². The summed E-state index contributed by atoms with van der Waals surface area (Å²) in [4.78, 5) is 36.0. The fraction of sp³-hybridized carbons (Fsp3) is 0.259. The Morgan fingerprint density at radius 2 is 1.23 bits per heavy atom. The molecule has 3 rings (SSSR count). The molecule has 0 amide bonds. The summed E-state index contributed by atoms with van der Waals surface area (Å²) in [6.45, 7) is 0.806. The van der Waals surface area contributed by atoms with Gasteiger partial charge in [-0.1, -0.05) is 91.0 Å². The lowest BCUT2D eigenvalue weighted by Crippen LogP contribution is -2.40. The highest BCUT2D eigenvalue weighted by Gasteiger charge is 2.50. The fourth-order valence-electron chi connectivity index (χ4n) is 4.38. The summed E-state index contributed by atoms with van der Waals surface area (Å²) in [6.07, 6.45) is -0.652. The number of rotatable bonds is 13. The van der Waals surface area contributed by atoms with E-state index in [2.05, 4.69) is 0 Å². The lowest BCUT2D eigenvalue weighted by Gasteiger charge is -2.34. The molecule has 8 heteroatoms. The zero-order valence-corrected chi connectivity index (χ0v) is 20.1. The number of nitrogens with zero attached hydrogens (tertiary/aromatic N) is 1. The van der Waals surface area contributed by atoms with E-state index in [0.717, 1.165) is 11.1 Å². The Kier molecular flexibility index (Phi) is 9.67. The Hall–Kier alpha value is -3.38. The minimum atomic E-state index is -2.98. The molecular formula is C27H29NO6P+. The molecule has 3 aromatic rings. The van der Waals surface area contributed by atoms with Crippen LogP contribution in [0.15, 0.2) is 91.0 Å². The Morgan fingerprint density at radius 3 is 1.63 bits per heavy atom. The SMILES string of the molecule is O=C(O)CCC(C(=O)O)C(C(c1ccccc1)N(Cc1ccccc1)Cc1ccccc1)[P+](=O)O. The highest BCUT2D eigenvalue weighted by atomic mass is 31.1. The second kappa shape index (κ2) is 12.9. The van der Waals surface area contributed by atoms with Crippen LogP contribution in [0.2, 0.25) is 0 Å². The molecule has 4 unspecified atom stereocenters. The first kappa shape index (κ1) is 26.2. The fourth-order valence-corrected chi connectivity index (χ4v) is 5.56. The average molecular weight is 495 g/mol. The Labute approximate surface area is 205 Å². The summed E-state index contributed by atoms with van der Waals surface area (Å²) < 4.78 is 12.8. The molecule has 0 bridgehead atoms. The Morgan fingerprint density at radius 1 is 0.771 bits per heavy atom. The maximum atomic E-state index is 12.8. The first-order valence-corrected chi connectivity index (χ1v) is 12.6. The molecular weight excluding hydrogens is 465 g/mol. The van der Waals surface area contributed by atoms with E-state index in [9.17, 15) is 29.3 Å². The van der Waals surface area contributed by atoms with Gasteiger partial charge in [0.25, 0.3) is 0 Å². The van der Waals surface area contributed by atoms with E-state index in [4.69, 9.17) is 0 Å². The van der Waals surface area contributed by atoms with Crippen LogP contribution in [0.25, 0.3) is 0 Å². The number of benzene rings is 3. The van der Waals surface area contributed by atoms with E-state index in [1.165, 1.54) is 0 Å². The molecule has 0 fully saturated rings. The van der Waals surface area contributed by atoms with Crippen LogP contribution in [-0.4, -0.2) is 37.6 Å². The van der Waals surface area contributed by atoms with Crippen molar-refractivity contribution in [2.45, 2.75) is 37.6 Å². The number of carbonyl (C=O) groups is 2. The smallest absolute Gasteiger partial charge is 0.481 e. The Bertz CT molecular complexity index is 1070. The molecule has 35 heavy (non-hydrogen) atoms. The lowest BCUT2D eigenvalue weighted by atomic mass is 9.89. The van der Waals surface area contributed by atoms with Gasteiger partial charge in [-0.15, -0.1) is 0 Å². The van der Waals surface area contributed by atoms with Crippen LogP contribution >= 0.6 is 8.03 Å². The molecule has 0 spiro atoms. The van der Waals surface area contributed by atoms with Crippen LogP contribution < -0.4 is 0 Å². The maximum absolute atomic E-state index is 12.8. The van der Waals surface area contributed by atoms with E-state index in [0.29, 0.717) is 18.7 Å². The molecule has 182 valence electrons. The summed E-state index contributed by atoms with van der Waals surface area (Å²) >= 11 is 0. The maximum Gasteiger partial charge on any atom is 0.511 e. The first-order valence-electron chi connectivity index (χ1n) is 11.3. The van der Waals surface area contributed by atoms with Gasteiger partial charge in [0.05, 0.1) is 6.04 Å². The highest BCUT2D eigenvalue weighted by Crippen LogP contribution is 2.44. The van der Waals surface area contributed by atoms with Gasteiger partial charge in [-0.3, -0.25) is 14.5 Å². The van der Waals surface area contributed by atoms with E-state index < -0.39 is 44.0 Å². The quantitative estimate of drug-likeness (QED) is 0.283. The zero-order chi connectivity index (χ0) is 25.2. The molecule has 0 aliphatic heterocycles. The predicted molar refractivity (Wildman–Crippen MR) is 133 cm³/mol. The zero-order valence-electron chi connectivity index (χ0n) is 19.2. The first-order chi connectivity index (χ1) is 16.9. The Balaban J connectivity index is 2.13. The minimum absolute atomic E-state index is 0.245. The third-order valence-corrected chi connectivity index (χ3v) is 7.12. The van der Waals surface area contributed by atoms with E-state index in [1.807, 2.05) is 83.8 Å². The molecule has 4 atom stereocenters. The minimum Gasteiger partial charge on any atom is -0.481 e. The van der Waals surface area contributed by atoms with E-state index >= 15 is 0 Å². The monoisotopic (exact) mass is 494 g/mol. The third kappa shape index (κ3) is 7.55. The van der Waals surface area contributed by atoms with Crippen molar-refractivity contribution >= 4 is 20.0 Å². The summed E-state index contributed by atoms with van der Waals surface area (Å²) in [6, 6.07) is 27.6. The van der Waals surface area contributed by atoms with Crippen molar-refractivity contribution in [2.75, 3.05) is 0 Å². The van der Waals surface area contributed by atoms with Gasteiger partial charge in [-0.2, -0.15) is 4.89 Å². The van der Waals surface area contributed by atoms with Gasteiger partial charge in [0.15, 0.2) is 0 Å². The molecule has 7 nitrogen and oxygen atoms in total. The number of carboxylic acid groups (broad SMARTS) is 2. The van der Waals surface area contributed by atoms with Crippen molar-refractivity contribution in [1.29, 1.82) is 0 Å². The molecule has 0 aliphatic carbocycles. The van der Waals surface area contributed by atoms with Crippen molar-refractivity contribution < 1.29 is 29.3 Å².